The van der Waals surface area contributed by atoms with E-state index in [2.05, 4.69) is 32.6 Å². The molecule has 112 valence electrons. The molecule has 4 atom stereocenters. The Hall–Kier alpha value is -0.120. The minimum absolute atomic E-state index is 0.210. The SMILES string of the molecule is CCC1CN(CC2CC2(CO)C(C)C)CC(CC)O1. The molecule has 2 aliphatic rings. The Labute approximate surface area is 118 Å². The van der Waals surface area contributed by atoms with Crippen molar-refractivity contribution in [1.82, 2.24) is 4.90 Å². The van der Waals surface area contributed by atoms with Crippen LogP contribution in [-0.2, 0) is 4.74 Å². The van der Waals surface area contributed by atoms with E-state index in [1.807, 2.05) is 0 Å². The molecule has 0 aromatic rings. The molecule has 1 heterocycles. The zero-order valence-corrected chi connectivity index (χ0v) is 13.1. The van der Waals surface area contributed by atoms with Gasteiger partial charge in [0, 0.05) is 31.7 Å². The Morgan fingerprint density at radius 1 is 1.21 bits per heavy atom. The second kappa shape index (κ2) is 6.11. The van der Waals surface area contributed by atoms with Crippen molar-refractivity contribution in [2.24, 2.45) is 17.3 Å². The Kier molecular flexibility index (Phi) is 4.91. The molecule has 0 amide bonds. The molecule has 4 unspecified atom stereocenters. The van der Waals surface area contributed by atoms with Crippen LogP contribution in [0, 0.1) is 17.3 Å². The molecule has 0 spiro atoms. The summed E-state index contributed by atoms with van der Waals surface area (Å²) in [6.45, 7) is 12.6. The second-order valence-corrected chi connectivity index (χ2v) is 6.86. The summed E-state index contributed by atoms with van der Waals surface area (Å²) in [5.74, 6) is 1.28. The van der Waals surface area contributed by atoms with Crippen LogP contribution in [0.4, 0.5) is 0 Å². The van der Waals surface area contributed by atoms with Crippen LogP contribution in [0.25, 0.3) is 0 Å². The Balaban J connectivity index is 1.89. The minimum Gasteiger partial charge on any atom is -0.396 e. The first-order valence-electron chi connectivity index (χ1n) is 8.04. The van der Waals surface area contributed by atoms with Crippen molar-refractivity contribution in [2.75, 3.05) is 26.2 Å². The molecular weight excluding hydrogens is 238 g/mol. The summed E-state index contributed by atoms with van der Waals surface area (Å²) in [6.07, 6.45) is 4.21. The number of aliphatic hydroxyl groups is 1. The number of morpholine rings is 1. The highest BCUT2D eigenvalue weighted by atomic mass is 16.5. The van der Waals surface area contributed by atoms with Gasteiger partial charge in [-0.1, -0.05) is 27.7 Å². The van der Waals surface area contributed by atoms with Crippen molar-refractivity contribution in [3.05, 3.63) is 0 Å². The van der Waals surface area contributed by atoms with Gasteiger partial charge in [-0.25, -0.2) is 0 Å². The van der Waals surface area contributed by atoms with E-state index in [9.17, 15) is 5.11 Å². The van der Waals surface area contributed by atoms with Gasteiger partial charge < -0.3 is 9.84 Å². The molecule has 0 radical (unpaired) electrons. The molecule has 3 heteroatoms. The fraction of sp³-hybridized carbons (Fsp3) is 1.00. The number of nitrogens with zero attached hydrogens (tertiary/aromatic N) is 1. The molecule has 2 rings (SSSR count). The van der Waals surface area contributed by atoms with Gasteiger partial charge >= 0.3 is 0 Å². The van der Waals surface area contributed by atoms with E-state index in [1.165, 1.54) is 6.42 Å². The van der Waals surface area contributed by atoms with Gasteiger partial charge in [0.05, 0.1) is 12.2 Å². The third-order valence-electron chi connectivity index (χ3n) is 5.42. The van der Waals surface area contributed by atoms with Crippen molar-refractivity contribution >= 4 is 0 Å². The van der Waals surface area contributed by atoms with Gasteiger partial charge in [-0.3, -0.25) is 4.90 Å². The monoisotopic (exact) mass is 269 g/mol. The van der Waals surface area contributed by atoms with Gasteiger partial charge in [0.25, 0.3) is 0 Å². The first-order valence-corrected chi connectivity index (χ1v) is 8.04. The normalized spacial score (nSPS) is 39.8. The van der Waals surface area contributed by atoms with Crippen LogP contribution in [0.15, 0.2) is 0 Å². The maximum Gasteiger partial charge on any atom is 0.0703 e. The smallest absolute Gasteiger partial charge is 0.0703 e. The molecule has 1 aliphatic carbocycles. The molecule has 0 aromatic heterocycles. The Morgan fingerprint density at radius 2 is 1.79 bits per heavy atom. The summed E-state index contributed by atoms with van der Waals surface area (Å²) in [7, 11) is 0. The third-order valence-corrected chi connectivity index (χ3v) is 5.42. The second-order valence-electron chi connectivity index (χ2n) is 6.86. The molecule has 3 nitrogen and oxygen atoms in total. The lowest BCUT2D eigenvalue weighted by molar-refractivity contribution is -0.0890. The van der Waals surface area contributed by atoms with E-state index in [0.717, 1.165) is 32.5 Å². The predicted octanol–water partition coefficient (Wildman–Crippen LogP) is 2.53. The van der Waals surface area contributed by atoms with Crippen molar-refractivity contribution in [1.29, 1.82) is 0 Å². The molecule has 19 heavy (non-hydrogen) atoms. The molecule has 1 N–H and O–H groups in total. The fourth-order valence-corrected chi connectivity index (χ4v) is 3.65. The zero-order chi connectivity index (χ0) is 14.0. The van der Waals surface area contributed by atoms with E-state index in [1.54, 1.807) is 0 Å². The number of hydrogen-bond donors (Lipinski definition) is 1. The third kappa shape index (κ3) is 3.14. The Morgan fingerprint density at radius 3 is 2.16 bits per heavy atom. The maximum absolute atomic E-state index is 9.68. The number of hydrogen-bond acceptors (Lipinski definition) is 3. The summed E-state index contributed by atoms with van der Waals surface area (Å²) in [5, 5.41) is 9.68. The first-order chi connectivity index (χ1) is 9.05. The van der Waals surface area contributed by atoms with Gasteiger partial charge in [0.15, 0.2) is 0 Å². The molecule has 1 saturated heterocycles. The summed E-state index contributed by atoms with van der Waals surface area (Å²) >= 11 is 0. The largest absolute Gasteiger partial charge is 0.396 e. The average Bonchev–Trinajstić information content (AvgIpc) is 3.12. The summed E-state index contributed by atoms with van der Waals surface area (Å²) in [6, 6.07) is 0. The van der Waals surface area contributed by atoms with Crippen LogP contribution in [-0.4, -0.2) is 48.5 Å². The predicted molar refractivity (Wildman–Crippen MR) is 78.1 cm³/mol. The lowest BCUT2D eigenvalue weighted by Crippen LogP contribution is -2.48. The maximum atomic E-state index is 9.68. The minimum atomic E-state index is 0.210. The van der Waals surface area contributed by atoms with Crippen LogP contribution >= 0.6 is 0 Å². The fourth-order valence-electron chi connectivity index (χ4n) is 3.65. The van der Waals surface area contributed by atoms with Gasteiger partial charge in [0.1, 0.15) is 0 Å². The van der Waals surface area contributed by atoms with Crippen LogP contribution in [0.2, 0.25) is 0 Å². The van der Waals surface area contributed by atoms with Gasteiger partial charge in [-0.2, -0.15) is 0 Å². The lowest BCUT2D eigenvalue weighted by Gasteiger charge is -2.38. The summed E-state index contributed by atoms with van der Waals surface area (Å²) < 4.78 is 6.05. The van der Waals surface area contributed by atoms with Crippen molar-refractivity contribution in [3.8, 4) is 0 Å². The van der Waals surface area contributed by atoms with Crippen molar-refractivity contribution in [2.45, 2.75) is 59.2 Å². The van der Waals surface area contributed by atoms with E-state index in [4.69, 9.17) is 4.74 Å². The van der Waals surface area contributed by atoms with E-state index >= 15 is 0 Å². The molecule has 0 bridgehead atoms. The van der Waals surface area contributed by atoms with Gasteiger partial charge in [-0.15, -0.1) is 0 Å². The highest BCUT2D eigenvalue weighted by Crippen LogP contribution is 2.57. The molecule has 1 aliphatic heterocycles. The highest BCUT2D eigenvalue weighted by Gasteiger charge is 2.55. The number of rotatable bonds is 6. The van der Waals surface area contributed by atoms with E-state index in [0.29, 0.717) is 30.7 Å². The lowest BCUT2D eigenvalue weighted by atomic mass is 9.90. The van der Waals surface area contributed by atoms with Crippen LogP contribution in [0.1, 0.15) is 47.0 Å². The standard InChI is InChI=1S/C16H31NO2/c1-5-14-9-17(10-15(6-2)19-14)8-13-7-16(13,11-18)12(3)4/h12-15,18H,5-11H2,1-4H3. The topological polar surface area (TPSA) is 32.7 Å². The van der Waals surface area contributed by atoms with E-state index in [-0.39, 0.29) is 5.41 Å². The summed E-state index contributed by atoms with van der Waals surface area (Å²) in [4.78, 5) is 2.58. The van der Waals surface area contributed by atoms with Gasteiger partial charge in [-0.05, 0) is 31.1 Å². The Bertz CT molecular complexity index is 282. The average molecular weight is 269 g/mol. The molecular formula is C16H31NO2. The number of ether oxygens (including phenoxy) is 1. The molecule has 0 aromatic carbocycles. The van der Waals surface area contributed by atoms with Gasteiger partial charge in [0.2, 0.25) is 0 Å². The van der Waals surface area contributed by atoms with E-state index < -0.39 is 0 Å². The van der Waals surface area contributed by atoms with Crippen molar-refractivity contribution in [3.63, 3.8) is 0 Å². The molecule has 1 saturated carbocycles. The molecule has 2 fully saturated rings. The van der Waals surface area contributed by atoms with Crippen molar-refractivity contribution < 1.29 is 9.84 Å². The highest BCUT2D eigenvalue weighted by molar-refractivity contribution is 5.05. The van der Waals surface area contributed by atoms with Crippen LogP contribution in [0.5, 0.6) is 0 Å². The van der Waals surface area contributed by atoms with Crippen LogP contribution < -0.4 is 0 Å². The summed E-state index contributed by atoms with van der Waals surface area (Å²) in [5.41, 5.74) is 0.210. The first kappa shape index (κ1) is 15.3. The number of aliphatic hydroxyl groups excluding tert-OH is 1. The van der Waals surface area contributed by atoms with Crippen LogP contribution in [0.3, 0.4) is 0 Å². The quantitative estimate of drug-likeness (QED) is 0.804. The zero-order valence-electron chi connectivity index (χ0n) is 13.1.